The van der Waals surface area contributed by atoms with Crippen LogP contribution >= 0.6 is 0 Å². The van der Waals surface area contributed by atoms with Gasteiger partial charge >= 0.3 is 0 Å². The second-order valence-corrected chi connectivity index (χ2v) is 8.74. The van der Waals surface area contributed by atoms with Gasteiger partial charge in [-0.3, -0.25) is 19.5 Å². The normalized spacial score (nSPS) is 20.7. The van der Waals surface area contributed by atoms with E-state index in [2.05, 4.69) is 43.6 Å². The van der Waals surface area contributed by atoms with Gasteiger partial charge in [-0.25, -0.2) is 0 Å². The van der Waals surface area contributed by atoms with Crippen molar-refractivity contribution >= 4 is 17.5 Å². The maximum Gasteiger partial charge on any atom is 0.234 e. The van der Waals surface area contributed by atoms with Crippen molar-refractivity contribution in [2.45, 2.75) is 38.9 Å². The van der Waals surface area contributed by atoms with Gasteiger partial charge in [0.2, 0.25) is 11.8 Å². The first-order valence-electron chi connectivity index (χ1n) is 11.0. The molecule has 7 nitrogen and oxygen atoms in total. The zero-order valence-corrected chi connectivity index (χ0v) is 18.3. The third-order valence-corrected chi connectivity index (χ3v) is 6.05. The van der Waals surface area contributed by atoms with Crippen LogP contribution in [0.2, 0.25) is 0 Å². The molecule has 1 aromatic carbocycles. The highest BCUT2D eigenvalue weighted by molar-refractivity contribution is 5.82. The van der Waals surface area contributed by atoms with Crippen molar-refractivity contribution in [2.24, 2.45) is 5.92 Å². The number of carbonyl (C=O) groups is 2. The molecule has 4 rings (SSSR count). The van der Waals surface area contributed by atoms with E-state index in [0.29, 0.717) is 26.1 Å². The molecule has 3 heterocycles. The molecule has 0 bridgehead atoms. The SMILES string of the molecule is CC(C)NC(=O)CN1CCN2c3ccccc3CC(C(=O)NCc3cccnc3)C2C1. The fourth-order valence-electron chi connectivity index (χ4n) is 4.65. The van der Waals surface area contributed by atoms with Gasteiger partial charge in [0.05, 0.1) is 18.5 Å². The van der Waals surface area contributed by atoms with Crippen molar-refractivity contribution in [3.63, 3.8) is 0 Å². The zero-order valence-electron chi connectivity index (χ0n) is 18.3. The van der Waals surface area contributed by atoms with E-state index in [1.165, 1.54) is 11.3 Å². The molecule has 0 spiro atoms. The maximum absolute atomic E-state index is 13.3. The monoisotopic (exact) mass is 421 g/mol. The Hall–Kier alpha value is -2.93. The van der Waals surface area contributed by atoms with Crippen LogP contribution in [-0.4, -0.2) is 60.0 Å². The molecule has 1 aromatic heterocycles. The Morgan fingerprint density at radius 2 is 2.00 bits per heavy atom. The lowest BCUT2D eigenvalue weighted by Crippen LogP contribution is -2.62. The van der Waals surface area contributed by atoms with E-state index in [-0.39, 0.29) is 29.8 Å². The molecule has 2 aliphatic rings. The molecule has 0 saturated carbocycles. The fourth-order valence-corrected chi connectivity index (χ4v) is 4.65. The fraction of sp³-hybridized carbons (Fsp3) is 0.458. The number of para-hydroxylation sites is 1. The van der Waals surface area contributed by atoms with Crippen LogP contribution in [0.15, 0.2) is 48.8 Å². The molecule has 2 aromatic rings. The van der Waals surface area contributed by atoms with Gasteiger partial charge in [-0.2, -0.15) is 0 Å². The van der Waals surface area contributed by atoms with Gasteiger partial charge in [0, 0.05) is 50.3 Å². The standard InChI is InChI=1S/C24H31N5O2/c1-17(2)27-23(30)16-28-10-11-29-21-8-4-3-7-19(21)12-20(22(29)15-28)24(31)26-14-18-6-5-9-25-13-18/h3-9,13,17,20,22H,10-12,14-16H2,1-2H3,(H,26,31)(H,27,30). The number of anilines is 1. The lowest BCUT2D eigenvalue weighted by molar-refractivity contribution is -0.126. The highest BCUT2D eigenvalue weighted by Gasteiger charge is 2.41. The molecular formula is C24H31N5O2. The van der Waals surface area contributed by atoms with Crippen molar-refractivity contribution in [1.82, 2.24) is 20.5 Å². The van der Waals surface area contributed by atoms with E-state index >= 15 is 0 Å². The number of hydrogen-bond donors (Lipinski definition) is 2. The predicted molar refractivity (Wildman–Crippen MR) is 121 cm³/mol. The number of pyridine rings is 1. The van der Waals surface area contributed by atoms with Gasteiger partial charge in [-0.05, 0) is 43.5 Å². The van der Waals surface area contributed by atoms with E-state index in [1.54, 1.807) is 12.4 Å². The maximum atomic E-state index is 13.3. The van der Waals surface area contributed by atoms with Crippen molar-refractivity contribution < 1.29 is 9.59 Å². The quantitative estimate of drug-likeness (QED) is 0.741. The minimum atomic E-state index is -0.164. The first-order chi connectivity index (χ1) is 15.0. The highest BCUT2D eigenvalue weighted by Crippen LogP contribution is 2.35. The molecule has 2 unspecified atom stereocenters. The third-order valence-electron chi connectivity index (χ3n) is 6.05. The van der Waals surface area contributed by atoms with Crippen LogP contribution in [0.1, 0.15) is 25.0 Å². The molecule has 1 fully saturated rings. The molecule has 2 aliphatic heterocycles. The molecule has 164 valence electrons. The number of piperazine rings is 1. The second-order valence-electron chi connectivity index (χ2n) is 8.74. The van der Waals surface area contributed by atoms with Gasteiger partial charge in [-0.1, -0.05) is 24.3 Å². The molecule has 7 heteroatoms. The molecule has 2 N–H and O–H groups in total. The third kappa shape index (κ3) is 5.05. The van der Waals surface area contributed by atoms with Gasteiger partial charge < -0.3 is 15.5 Å². The van der Waals surface area contributed by atoms with Crippen LogP contribution in [0.25, 0.3) is 0 Å². The van der Waals surface area contributed by atoms with Gasteiger partial charge in [-0.15, -0.1) is 0 Å². The van der Waals surface area contributed by atoms with Crippen LogP contribution in [0.3, 0.4) is 0 Å². The smallest absolute Gasteiger partial charge is 0.234 e. The second kappa shape index (κ2) is 9.47. The Labute approximate surface area is 183 Å². The van der Waals surface area contributed by atoms with Crippen LogP contribution < -0.4 is 15.5 Å². The largest absolute Gasteiger partial charge is 0.365 e. The average Bonchev–Trinajstić information content (AvgIpc) is 2.77. The van der Waals surface area contributed by atoms with Gasteiger partial charge in [0.1, 0.15) is 0 Å². The Kier molecular flexibility index (Phi) is 6.51. The lowest BCUT2D eigenvalue weighted by Gasteiger charge is -2.49. The van der Waals surface area contributed by atoms with Crippen molar-refractivity contribution in [2.75, 3.05) is 31.1 Å². The first-order valence-corrected chi connectivity index (χ1v) is 11.0. The summed E-state index contributed by atoms with van der Waals surface area (Å²) in [5.74, 6) is -0.0680. The molecule has 0 radical (unpaired) electrons. The molecular weight excluding hydrogens is 390 g/mol. The highest BCUT2D eigenvalue weighted by atomic mass is 16.2. The molecule has 2 atom stereocenters. The average molecular weight is 422 g/mol. The topological polar surface area (TPSA) is 77.6 Å². The van der Waals surface area contributed by atoms with E-state index in [9.17, 15) is 9.59 Å². The summed E-state index contributed by atoms with van der Waals surface area (Å²) in [5, 5.41) is 6.08. The van der Waals surface area contributed by atoms with E-state index in [1.807, 2.05) is 32.0 Å². The van der Waals surface area contributed by atoms with E-state index < -0.39 is 0 Å². The Morgan fingerprint density at radius 1 is 1.16 bits per heavy atom. The summed E-state index contributed by atoms with van der Waals surface area (Å²) in [5.41, 5.74) is 3.42. The van der Waals surface area contributed by atoms with Crippen LogP contribution in [0.4, 0.5) is 5.69 Å². The van der Waals surface area contributed by atoms with Crippen molar-refractivity contribution in [1.29, 1.82) is 0 Å². The number of nitrogens with zero attached hydrogens (tertiary/aromatic N) is 3. The summed E-state index contributed by atoms with van der Waals surface area (Å²) >= 11 is 0. The Morgan fingerprint density at radius 3 is 2.77 bits per heavy atom. The zero-order chi connectivity index (χ0) is 21.8. The van der Waals surface area contributed by atoms with Crippen LogP contribution in [-0.2, 0) is 22.6 Å². The summed E-state index contributed by atoms with van der Waals surface area (Å²) in [4.78, 5) is 34.2. The lowest BCUT2D eigenvalue weighted by atomic mass is 9.83. The molecule has 31 heavy (non-hydrogen) atoms. The minimum absolute atomic E-state index is 0.0391. The van der Waals surface area contributed by atoms with E-state index in [4.69, 9.17) is 0 Å². The summed E-state index contributed by atoms with van der Waals surface area (Å²) < 4.78 is 0. The summed E-state index contributed by atoms with van der Waals surface area (Å²) in [6.07, 6.45) is 4.22. The summed E-state index contributed by atoms with van der Waals surface area (Å²) in [7, 11) is 0. The predicted octanol–water partition coefficient (Wildman–Crippen LogP) is 1.59. The summed E-state index contributed by atoms with van der Waals surface area (Å²) in [6, 6.07) is 12.4. The number of aromatic nitrogens is 1. The first kappa shape index (κ1) is 21.3. The number of nitrogens with one attached hydrogen (secondary N) is 2. The molecule has 0 aliphatic carbocycles. The Bertz CT molecular complexity index is 917. The number of amides is 2. The number of rotatable bonds is 6. The minimum Gasteiger partial charge on any atom is -0.365 e. The van der Waals surface area contributed by atoms with Gasteiger partial charge in [0.15, 0.2) is 0 Å². The van der Waals surface area contributed by atoms with Crippen molar-refractivity contribution in [3.05, 3.63) is 59.9 Å². The number of hydrogen-bond acceptors (Lipinski definition) is 5. The van der Waals surface area contributed by atoms with Crippen LogP contribution in [0, 0.1) is 5.92 Å². The number of benzene rings is 1. The number of fused-ring (bicyclic) bond motifs is 3. The molecule has 2 amide bonds. The van der Waals surface area contributed by atoms with Crippen LogP contribution in [0.5, 0.6) is 0 Å². The van der Waals surface area contributed by atoms with E-state index in [0.717, 1.165) is 18.7 Å². The van der Waals surface area contributed by atoms with Gasteiger partial charge in [0.25, 0.3) is 0 Å². The molecule has 1 saturated heterocycles. The van der Waals surface area contributed by atoms with Crippen molar-refractivity contribution in [3.8, 4) is 0 Å². The summed E-state index contributed by atoms with van der Waals surface area (Å²) in [6.45, 7) is 7.09. The Balaban J connectivity index is 1.49. The number of carbonyl (C=O) groups excluding carboxylic acids is 2.